The van der Waals surface area contributed by atoms with Crippen molar-refractivity contribution in [1.29, 1.82) is 0 Å². The van der Waals surface area contributed by atoms with Gasteiger partial charge in [0.25, 0.3) is 5.22 Å². The molecule has 5 rings (SSSR count). The van der Waals surface area contributed by atoms with E-state index in [1.54, 1.807) is 12.1 Å². The van der Waals surface area contributed by atoms with Gasteiger partial charge < -0.3 is 14.3 Å². The Bertz CT molecular complexity index is 1320. The number of halogens is 1. The monoisotopic (exact) mass is 476 g/mol. The fourth-order valence-electron chi connectivity index (χ4n) is 3.86. The highest BCUT2D eigenvalue weighted by Crippen LogP contribution is 2.38. The lowest BCUT2D eigenvalue weighted by atomic mass is 9.98. The zero-order valence-corrected chi connectivity index (χ0v) is 19.3. The smallest absolute Gasteiger partial charge is 0.276 e. The molecule has 1 aromatic heterocycles. The molecular weight excluding hydrogens is 456 g/mol. The van der Waals surface area contributed by atoms with E-state index in [4.69, 9.17) is 20.8 Å². The molecule has 4 aromatic rings. The molecule has 0 unspecified atom stereocenters. The van der Waals surface area contributed by atoms with E-state index in [1.807, 2.05) is 48.5 Å². The van der Waals surface area contributed by atoms with Crippen molar-refractivity contribution < 1.29 is 14.3 Å². The number of rotatable bonds is 7. The van der Waals surface area contributed by atoms with Crippen molar-refractivity contribution >= 4 is 23.4 Å². The maximum absolute atomic E-state index is 10.4. The third-order valence-corrected chi connectivity index (χ3v) is 6.74. The van der Waals surface area contributed by atoms with E-state index in [0.29, 0.717) is 21.9 Å². The summed E-state index contributed by atoms with van der Waals surface area (Å²) in [6.45, 7) is 3.79. The Balaban J connectivity index is 1.26. The van der Waals surface area contributed by atoms with Crippen LogP contribution in [0.15, 0.2) is 83.0 Å². The van der Waals surface area contributed by atoms with E-state index in [2.05, 4.69) is 22.8 Å². The maximum Gasteiger partial charge on any atom is 0.276 e. The molecule has 0 amide bonds. The van der Waals surface area contributed by atoms with E-state index in [1.165, 1.54) is 11.8 Å². The Kier molecular flexibility index (Phi) is 6.11. The van der Waals surface area contributed by atoms with Gasteiger partial charge in [0.1, 0.15) is 17.6 Å². The molecule has 2 heterocycles. The van der Waals surface area contributed by atoms with Gasteiger partial charge in [0.05, 0.1) is 10.6 Å². The van der Waals surface area contributed by atoms with Gasteiger partial charge in [-0.15, -0.1) is 16.8 Å². The van der Waals surface area contributed by atoms with Crippen LogP contribution in [-0.4, -0.2) is 27.2 Å². The summed E-state index contributed by atoms with van der Waals surface area (Å²) in [5.74, 6) is 2.21. The van der Waals surface area contributed by atoms with Crippen LogP contribution in [0, 0.1) is 0 Å². The molecule has 0 radical (unpaired) electrons. The number of aromatic hydroxyl groups is 1. The van der Waals surface area contributed by atoms with E-state index in [0.717, 1.165) is 46.4 Å². The summed E-state index contributed by atoms with van der Waals surface area (Å²) in [7, 11) is 0. The van der Waals surface area contributed by atoms with Crippen LogP contribution in [0.2, 0.25) is 5.02 Å². The minimum absolute atomic E-state index is 0.00314. The van der Waals surface area contributed by atoms with Gasteiger partial charge in [0.15, 0.2) is 0 Å². The number of hydrogen-bond donors (Lipinski definition) is 1. The Morgan fingerprint density at radius 1 is 1.09 bits per heavy atom. The van der Waals surface area contributed by atoms with E-state index >= 15 is 0 Å². The summed E-state index contributed by atoms with van der Waals surface area (Å²) >= 11 is 7.68. The van der Waals surface area contributed by atoms with Crippen LogP contribution in [0.3, 0.4) is 0 Å². The summed E-state index contributed by atoms with van der Waals surface area (Å²) in [6, 6.07) is 19.1. The average Bonchev–Trinajstić information content (AvgIpc) is 3.45. The highest BCUT2D eigenvalue weighted by atomic mass is 35.5. The molecule has 33 heavy (non-hydrogen) atoms. The lowest BCUT2D eigenvalue weighted by Gasteiger charge is -2.09. The molecule has 0 aliphatic carbocycles. The Morgan fingerprint density at radius 2 is 1.97 bits per heavy atom. The summed E-state index contributed by atoms with van der Waals surface area (Å²) in [5, 5.41) is 19.7. The number of phenols is 1. The number of fused-ring (bicyclic) bond motifs is 1. The number of hydrogen-bond acceptors (Lipinski definition) is 6. The molecule has 5 nitrogen and oxygen atoms in total. The van der Waals surface area contributed by atoms with Gasteiger partial charge >= 0.3 is 0 Å². The minimum Gasteiger partial charge on any atom is -0.507 e. The van der Waals surface area contributed by atoms with Gasteiger partial charge in [-0.05, 0) is 59.5 Å². The van der Waals surface area contributed by atoms with Crippen LogP contribution < -0.4 is 4.74 Å². The fourth-order valence-corrected chi connectivity index (χ4v) is 4.83. The van der Waals surface area contributed by atoms with Crippen molar-refractivity contribution in [2.24, 2.45) is 0 Å². The molecule has 1 N–H and O–H groups in total. The second-order valence-electron chi connectivity index (χ2n) is 7.77. The van der Waals surface area contributed by atoms with Gasteiger partial charge in [0, 0.05) is 17.7 Å². The molecular formula is C26H21ClN2O3S. The standard InChI is InChI=1S/C26H21ClN2O3S/c1-2-5-16-8-10-23(30)21(12-16)17-9-11-24-18(13-17)14-19(31-24)15-33-26-29-28-25(32-26)20-6-3-4-7-22(20)27/h2-4,6-13,19,30H,1,5,14-15H2/t19-/m0/s1. The first-order valence-corrected chi connectivity index (χ1v) is 11.9. The molecule has 0 spiro atoms. The predicted octanol–water partition coefficient (Wildman–Crippen LogP) is 6.59. The lowest BCUT2D eigenvalue weighted by Crippen LogP contribution is -2.15. The number of benzene rings is 3. The first kappa shape index (κ1) is 21.6. The molecule has 0 saturated heterocycles. The molecule has 1 aliphatic rings. The number of thioether (sulfide) groups is 1. The number of aromatic nitrogens is 2. The van der Waals surface area contributed by atoms with E-state index in [-0.39, 0.29) is 11.9 Å². The zero-order valence-electron chi connectivity index (χ0n) is 17.7. The van der Waals surface area contributed by atoms with Gasteiger partial charge in [-0.1, -0.05) is 53.7 Å². The normalized spacial score (nSPS) is 14.6. The molecule has 3 aromatic carbocycles. The third-order valence-electron chi connectivity index (χ3n) is 5.46. The van der Waals surface area contributed by atoms with E-state index in [9.17, 15) is 5.11 Å². The van der Waals surface area contributed by atoms with Crippen molar-refractivity contribution in [1.82, 2.24) is 10.2 Å². The molecule has 0 saturated carbocycles. The van der Waals surface area contributed by atoms with Gasteiger partial charge in [-0.3, -0.25) is 0 Å². The van der Waals surface area contributed by atoms with Crippen LogP contribution in [0.4, 0.5) is 0 Å². The predicted molar refractivity (Wildman–Crippen MR) is 131 cm³/mol. The van der Waals surface area contributed by atoms with Crippen LogP contribution in [0.25, 0.3) is 22.6 Å². The van der Waals surface area contributed by atoms with Crippen molar-refractivity contribution in [3.05, 3.63) is 89.5 Å². The molecule has 1 aliphatic heterocycles. The van der Waals surface area contributed by atoms with Crippen LogP contribution in [0.5, 0.6) is 11.5 Å². The van der Waals surface area contributed by atoms with Gasteiger partial charge in [0.2, 0.25) is 5.89 Å². The Labute approximate surface area is 201 Å². The number of phenolic OH excluding ortho intramolecular Hbond substituents is 1. The maximum atomic E-state index is 10.4. The van der Waals surface area contributed by atoms with Gasteiger partial charge in [-0.25, -0.2) is 0 Å². The average molecular weight is 477 g/mol. The number of ether oxygens (including phenoxy) is 1. The van der Waals surface area contributed by atoms with Crippen molar-refractivity contribution in [2.45, 2.75) is 24.2 Å². The van der Waals surface area contributed by atoms with Gasteiger partial charge in [-0.2, -0.15) is 0 Å². The largest absolute Gasteiger partial charge is 0.507 e. The number of allylic oxidation sites excluding steroid dienone is 1. The van der Waals surface area contributed by atoms with Crippen LogP contribution in [0.1, 0.15) is 11.1 Å². The Morgan fingerprint density at radius 3 is 2.82 bits per heavy atom. The fraction of sp³-hybridized carbons (Fsp3) is 0.154. The highest BCUT2D eigenvalue weighted by Gasteiger charge is 2.25. The SMILES string of the molecule is C=CCc1ccc(O)c(-c2ccc3c(c2)C[C@@H](CSc2nnc(-c4ccccc4Cl)o2)O3)c1. The molecule has 166 valence electrons. The van der Waals surface area contributed by atoms with Crippen LogP contribution >= 0.6 is 23.4 Å². The first-order valence-electron chi connectivity index (χ1n) is 10.5. The second kappa shape index (κ2) is 9.33. The Hall–Kier alpha value is -3.22. The van der Waals surface area contributed by atoms with E-state index < -0.39 is 0 Å². The van der Waals surface area contributed by atoms with Crippen molar-refractivity contribution in [2.75, 3.05) is 5.75 Å². The molecule has 7 heteroatoms. The van der Waals surface area contributed by atoms with Crippen molar-refractivity contribution in [3.8, 4) is 34.1 Å². The molecule has 0 bridgehead atoms. The number of nitrogens with zero attached hydrogens (tertiary/aromatic N) is 2. The highest BCUT2D eigenvalue weighted by molar-refractivity contribution is 7.99. The quantitative estimate of drug-likeness (QED) is 0.240. The molecule has 1 atom stereocenters. The topological polar surface area (TPSA) is 68.4 Å². The summed E-state index contributed by atoms with van der Waals surface area (Å²) in [4.78, 5) is 0. The zero-order chi connectivity index (χ0) is 22.8. The third kappa shape index (κ3) is 4.63. The summed E-state index contributed by atoms with van der Waals surface area (Å²) in [6.07, 6.45) is 3.38. The molecule has 0 fully saturated rings. The van der Waals surface area contributed by atoms with Crippen molar-refractivity contribution in [3.63, 3.8) is 0 Å². The first-order chi connectivity index (χ1) is 16.1. The second-order valence-corrected chi connectivity index (χ2v) is 9.15. The summed E-state index contributed by atoms with van der Waals surface area (Å²) < 4.78 is 11.9. The lowest BCUT2D eigenvalue weighted by molar-refractivity contribution is 0.259. The minimum atomic E-state index is -0.00314. The summed E-state index contributed by atoms with van der Waals surface area (Å²) in [5.41, 5.74) is 4.73. The van der Waals surface area contributed by atoms with Crippen LogP contribution in [-0.2, 0) is 12.8 Å².